The number of hydrogen-bond donors (Lipinski definition) is 4. The number of aryl methyl sites for hydroxylation is 2. The highest BCUT2D eigenvalue weighted by Crippen LogP contribution is 2.14. The minimum absolute atomic E-state index is 0.129. The molecular weight excluding hydrogens is 280 g/mol. The van der Waals surface area contributed by atoms with Crippen molar-refractivity contribution in [3.8, 4) is 0 Å². The van der Waals surface area contributed by atoms with Crippen LogP contribution in [0.15, 0.2) is 30.3 Å². The van der Waals surface area contributed by atoms with Crippen molar-refractivity contribution in [1.29, 1.82) is 0 Å². The van der Waals surface area contributed by atoms with Gasteiger partial charge in [0, 0.05) is 18.7 Å². The highest BCUT2D eigenvalue weighted by Gasteiger charge is 2.06. The van der Waals surface area contributed by atoms with Crippen LogP contribution in [-0.2, 0) is 4.79 Å². The normalized spacial score (nSPS) is 11.1. The molecule has 0 bridgehead atoms. The van der Waals surface area contributed by atoms with Crippen LogP contribution in [0.3, 0.4) is 0 Å². The zero-order valence-corrected chi connectivity index (χ0v) is 12.8. The van der Waals surface area contributed by atoms with Crippen molar-refractivity contribution >= 4 is 29.2 Å². The number of aromatic nitrogens is 2. The van der Waals surface area contributed by atoms with Crippen LogP contribution in [0.5, 0.6) is 0 Å². The number of carbonyl (C=O) groups is 1. The summed E-state index contributed by atoms with van der Waals surface area (Å²) in [6.45, 7) is 5.24. The van der Waals surface area contributed by atoms with Gasteiger partial charge in [-0.05, 0) is 32.0 Å². The molecule has 114 valence electrons. The summed E-state index contributed by atoms with van der Waals surface area (Å²) >= 11 is 0. The molecule has 0 saturated heterocycles. The van der Waals surface area contributed by atoms with Gasteiger partial charge in [0.1, 0.15) is 0 Å². The maximum atomic E-state index is 11.1. The molecule has 0 unspecified atom stereocenters. The predicted octanol–water partition coefficient (Wildman–Crippen LogP) is 0.191. The standard InChI is InChI=1S/C15H18N6O/c1-9-7-10(2)18-15(17-9)21-14(16)20-13-6-4-5-12(8-13)19-11(3)22/h4-8H,1-3H3,(H,19,22)(H3,16,17,18,20,21)/p+1. The molecule has 7 nitrogen and oxygen atoms in total. The fourth-order valence-electron chi connectivity index (χ4n) is 1.97. The molecule has 7 heteroatoms. The number of anilines is 2. The second-order valence-corrected chi connectivity index (χ2v) is 4.90. The third kappa shape index (κ3) is 4.55. The first kappa shape index (κ1) is 15.4. The number of guanidine groups is 1. The molecular formula is C15H19N6O+. The number of nitrogens with zero attached hydrogens (tertiary/aromatic N) is 2. The van der Waals surface area contributed by atoms with Crippen molar-refractivity contribution in [2.45, 2.75) is 20.8 Å². The van der Waals surface area contributed by atoms with Gasteiger partial charge in [0.25, 0.3) is 5.96 Å². The van der Waals surface area contributed by atoms with Crippen LogP contribution in [0.4, 0.5) is 17.3 Å². The van der Waals surface area contributed by atoms with Crippen LogP contribution >= 0.6 is 0 Å². The Morgan fingerprint density at radius 1 is 1.09 bits per heavy atom. The number of hydrogen-bond acceptors (Lipinski definition) is 3. The van der Waals surface area contributed by atoms with Crippen LogP contribution < -0.4 is 21.4 Å². The highest BCUT2D eigenvalue weighted by atomic mass is 16.1. The third-order valence-electron chi connectivity index (χ3n) is 2.69. The molecule has 1 amide bonds. The van der Waals surface area contributed by atoms with Gasteiger partial charge < -0.3 is 11.1 Å². The molecule has 1 aromatic heterocycles. The monoisotopic (exact) mass is 299 g/mol. The van der Waals surface area contributed by atoms with Gasteiger partial charge in [-0.3, -0.25) is 10.1 Å². The van der Waals surface area contributed by atoms with E-state index in [4.69, 9.17) is 5.73 Å². The van der Waals surface area contributed by atoms with E-state index in [2.05, 4.69) is 25.6 Å². The number of rotatable bonds is 3. The maximum Gasteiger partial charge on any atom is 0.354 e. The van der Waals surface area contributed by atoms with Crippen LogP contribution in [0.25, 0.3) is 0 Å². The van der Waals surface area contributed by atoms with Crippen molar-refractivity contribution in [2.75, 3.05) is 10.6 Å². The van der Waals surface area contributed by atoms with Gasteiger partial charge in [0.15, 0.2) is 0 Å². The Balaban J connectivity index is 2.15. The molecule has 0 atom stereocenters. The summed E-state index contributed by atoms with van der Waals surface area (Å²) < 4.78 is 0. The summed E-state index contributed by atoms with van der Waals surface area (Å²) in [5.41, 5.74) is 9.05. The number of benzene rings is 1. The lowest BCUT2D eigenvalue weighted by Crippen LogP contribution is -2.72. The highest BCUT2D eigenvalue weighted by molar-refractivity contribution is 5.92. The molecule has 0 aliphatic carbocycles. The molecule has 0 saturated carbocycles. The van der Waals surface area contributed by atoms with E-state index in [9.17, 15) is 4.79 Å². The molecule has 5 N–H and O–H groups in total. The average molecular weight is 299 g/mol. The number of carbonyl (C=O) groups excluding carboxylic acids is 1. The zero-order valence-electron chi connectivity index (χ0n) is 12.8. The zero-order chi connectivity index (χ0) is 16.1. The molecule has 22 heavy (non-hydrogen) atoms. The first-order chi connectivity index (χ1) is 10.4. The molecule has 1 aromatic carbocycles. The lowest BCUT2D eigenvalue weighted by atomic mass is 10.3. The van der Waals surface area contributed by atoms with Crippen molar-refractivity contribution in [3.05, 3.63) is 41.7 Å². The maximum absolute atomic E-state index is 11.1. The lowest BCUT2D eigenvalue weighted by molar-refractivity contribution is -0.365. The van der Waals surface area contributed by atoms with Crippen LogP contribution in [-0.4, -0.2) is 21.8 Å². The second kappa shape index (κ2) is 6.66. The summed E-state index contributed by atoms with van der Waals surface area (Å²) in [4.78, 5) is 22.5. The van der Waals surface area contributed by atoms with Crippen molar-refractivity contribution in [1.82, 2.24) is 9.97 Å². The van der Waals surface area contributed by atoms with Crippen molar-refractivity contribution in [2.24, 2.45) is 5.73 Å². The molecule has 1 heterocycles. The van der Waals surface area contributed by atoms with E-state index in [-0.39, 0.29) is 5.91 Å². The van der Waals surface area contributed by atoms with Gasteiger partial charge in [-0.25, -0.2) is 4.99 Å². The smallest absolute Gasteiger partial charge is 0.326 e. The fourth-order valence-corrected chi connectivity index (χ4v) is 1.97. The van der Waals surface area contributed by atoms with Gasteiger partial charge in [-0.15, -0.1) is 9.97 Å². The number of amides is 1. The number of nitrogens with two attached hydrogens (primary N) is 1. The Morgan fingerprint density at radius 2 is 1.68 bits per heavy atom. The van der Waals surface area contributed by atoms with Crippen LogP contribution in [0.1, 0.15) is 18.3 Å². The minimum Gasteiger partial charge on any atom is -0.326 e. The quantitative estimate of drug-likeness (QED) is 0.478. The van der Waals surface area contributed by atoms with Gasteiger partial charge in [-0.2, -0.15) is 0 Å². The SMILES string of the molecule is CC(=O)Nc1cccc(NC(N)=[NH+]c2nc(C)cc(C)n2)c1. The predicted molar refractivity (Wildman–Crippen MR) is 85.7 cm³/mol. The van der Waals surface area contributed by atoms with E-state index < -0.39 is 0 Å². The van der Waals surface area contributed by atoms with E-state index in [0.717, 1.165) is 17.1 Å². The first-order valence-electron chi connectivity index (χ1n) is 6.79. The molecule has 2 aromatic rings. The van der Waals surface area contributed by atoms with Crippen molar-refractivity contribution in [3.63, 3.8) is 0 Å². The Morgan fingerprint density at radius 3 is 2.27 bits per heavy atom. The summed E-state index contributed by atoms with van der Waals surface area (Å²) in [6.07, 6.45) is 0. The number of nitrogens with one attached hydrogen (secondary N) is 3. The second-order valence-electron chi connectivity index (χ2n) is 4.90. The molecule has 0 aliphatic rings. The summed E-state index contributed by atoms with van der Waals surface area (Å²) in [5, 5.41) is 5.70. The van der Waals surface area contributed by atoms with Gasteiger partial charge in [0.2, 0.25) is 5.91 Å². The van der Waals surface area contributed by atoms with Gasteiger partial charge in [0.05, 0.1) is 17.1 Å². The summed E-state index contributed by atoms with van der Waals surface area (Å²) in [6, 6.07) is 9.10. The van der Waals surface area contributed by atoms with E-state index in [1.54, 1.807) is 12.1 Å². The van der Waals surface area contributed by atoms with E-state index in [0.29, 0.717) is 17.6 Å². The Kier molecular flexibility index (Phi) is 4.67. The van der Waals surface area contributed by atoms with E-state index in [1.807, 2.05) is 32.0 Å². The lowest BCUT2D eigenvalue weighted by Gasteiger charge is -2.05. The summed E-state index contributed by atoms with van der Waals surface area (Å²) in [7, 11) is 0. The van der Waals surface area contributed by atoms with E-state index >= 15 is 0 Å². The summed E-state index contributed by atoms with van der Waals surface area (Å²) in [5.74, 6) is 0.598. The topological polar surface area (TPSA) is 107 Å². The Hall–Kier alpha value is -2.96. The molecule has 0 radical (unpaired) electrons. The third-order valence-corrected chi connectivity index (χ3v) is 2.69. The Bertz CT molecular complexity index is 705. The molecule has 0 fully saturated rings. The first-order valence-corrected chi connectivity index (χ1v) is 6.79. The van der Waals surface area contributed by atoms with Gasteiger partial charge >= 0.3 is 5.95 Å². The van der Waals surface area contributed by atoms with Crippen molar-refractivity contribution < 1.29 is 9.79 Å². The average Bonchev–Trinajstić information content (AvgIpc) is 2.36. The molecule has 0 aliphatic heterocycles. The fraction of sp³-hybridized carbons (Fsp3) is 0.200. The molecule has 2 rings (SSSR count). The van der Waals surface area contributed by atoms with Crippen LogP contribution in [0.2, 0.25) is 0 Å². The van der Waals surface area contributed by atoms with Gasteiger partial charge in [-0.1, -0.05) is 6.07 Å². The largest absolute Gasteiger partial charge is 0.354 e. The van der Waals surface area contributed by atoms with Crippen LogP contribution in [0, 0.1) is 13.8 Å². The Labute approximate surface area is 128 Å². The minimum atomic E-state index is -0.129. The molecule has 0 spiro atoms. The van der Waals surface area contributed by atoms with E-state index in [1.165, 1.54) is 6.92 Å².